The molecular formula is C15H18N6S. The molecule has 2 N–H and O–H groups in total. The Labute approximate surface area is 133 Å². The minimum Gasteiger partial charge on any atom is -0.356 e. The quantitative estimate of drug-likeness (QED) is 0.773. The second-order valence-corrected chi connectivity index (χ2v) is 6.81. The van der Waals surface area contributed by atoms with Gasteiger partial charge in [0.2, 0.25) is 5.13 Å². The molecular weight excluding hydrogens is 296 g/mol. The van der Waals surface area contributed by atoms with Crippen LogP contribution in [0.3, 0.4) is 0 Å². The molecule has 3 aromatic rings. The maximum Gasteiger partial charge on any atom is 0.202 e. The van der Waals surface area contributed by atoms with Crippen LogP contribution in [0.1, 0.15) is 32.2 Å². The van der Waals surface area contributed by atoms with Crippen LogP contribution in [0.5, 0.6) is 0 Å². The molecule has 0 radical (unpaired) electrons. The molecule has 3 rings (SSSR count). The second kappa shape index (κ2) is 5.84. The monoisotopic (exact) mass is 314 g/mol. The number of benzene rings is 1. The predicted molar refractivity (Wildman–Crippen MR) is 87.8 cm³/mol. The Morgan fingerprint density at radius 3 is 2.82 bits per heavy atom. The minimum atomic E-state index is -0.0252. The predicted octanol–water partition coefficient (Wildman–Crippen LogP) is 3.23. The van der Waals surface area contributed by atoms with Crippen molar-refractivity contribution in [1.29, 1.82) is 0 Å². The smallest absolute Gasteiger partial charge is 0.202 e. The van der Waals surface area contributed by atoms with E-state index in [-0.39, 0.29) is 5.41 Å². The molecule has 0 fully saturated rings. The fourth-order valence-electron chi connectivity index (χ4n) is 1.95. The minimum absolute atomic E-state index is 0.0252. The zero-order chi connectivity index (χ0) is 15.6. The number of nitrogens with zero attached hydrogens (tertiary/aromatic N) is 4. The lowest BCUT2D eigenvalue weighted by atomic mass is 9.96. The molecule has 22 heavy (non-hydrogen) atoms. The first-order valence-electron chi connectivity index (χ1n) is 7.05. The summed E-state index contributed by atoms with van der Waals surface area (Å²) in [5.41, 5.74) is 2.15. The maximum absolute atomic E-state index is 4.54. The third-order valence-electron chi connectivity index (χ3n) is 3.16. The molecule has 0 atom stereocenters. The molecule has 0 spiro atoms. The van der Waals surface area contributed by atoms with Crippen LogP contribution >= 0.6 is 11.5 Å². The van der Waals surface area contributed by atoms with Crippen molar-refractivity contribution in [2.75, 3.05) is 5.32 Å². The highest BCUT2D eigenvalue weighted by molar-refractivity contribution is 7.09. The number of aromatic nitrogens is 5. The summed E-state index contributed by atoms with van der Waals surface area (Å²) in [5.74, 6) is 1.64. The number of anilines is 1. The molecule has 2 aromatic heterocycles. The summed E-state index contributed by atoms with van der Waals surface area (Å²) in [6, 6.07) is 8.17. The van der Waals surface area contributed by atoms with E-state index in [9.17, 15) is 0 Å². The van der Waals surface area contributed by atoms with E-state index in [1.54, 1.807) is 0 Å². The van der Waals surface area contributed by atoms with Crippen LogP contribution in [-0.4, -0.2) is 24.5 Å². The zero-order valence-corrected chi connectivity index (χ0v) is 13.6. The SMILES string of the molecule is CC(C)(C)c1nsc(NCc2cccc(-c3ncn[nH]3)c2)n1. The lowest BCUT2D eigenvalue weighted by Gasteiger charge is -2.12. The molecule has 0 saturated carbocycles. The number of nitrogens with one attached hydrogen (secondary N) is 2. The molecule has 1 aromatic carbocycles. The van der Waals surface area contributed by atoms with Gasteiger partial charge in [-0.15, -0.1) is 0 Å². The van der Waals surface area contributed by atoms with Gasteiger partial charge in [-0.1, -0.05) is 39.0 Å². The summed E-state index contributed by atoms with van der Waals surface area (Å²) in [4.78, 5) is 8.71. The first-order chi connectivity index (χ1) is 10.5. The van der Waals surface area contributed by atoms with E-state index in [1.807, 2.05) is 12.1 Å². The van der Waals surface area contributed by atoms with E-state index >= 15 is 0 Å². The first-order valence-corrected chi connectivity index (χ1v) is 7.82. The Morgan fingerprint density at radius 1 is 1.27 bits per heavy atom. The average molecular weight is 314 g/mol. The molecule has 0 aliphatic heterocycles. The van der Waals surface area contributed by atoms with Crippen molar-refractivity contribution in [1.82, 2.24) is 24.5 Å². The highest BCUT2D eigenvalue weighted by Gasteiger charge is 2.19. The molecule has 0 amide bonds. The van der Waals surface area contributed by atoms with Gasteiger partial charge in [0.1, 0.15) is 12.2 Å². The van der Waals surface area contributed by atoms with E-state index in [2.05, 4.69) is 62.8 Å². The lowest BCUT2D eigenvalue weighted by Crippen LogP contribution is -2.13. The Balaban J connectivity index is 1.69. The van der Waals surface area contributed by atoms with E-state index in [4.69, 9.17) is 0 Å². The van der Waals surface area contributed by atoms with Crippen LogP contribution in [0.2, 0.25) is 0 Å². The van der Waals surface area contributed by atoms with Gasteiger partial charge in [0.15, 0.2) is 5.82 Å². The number of hydrogen-bond acceptors (Lipinski definition) is 6. The van der Waals surface area contributed by atoms with E-state index in [1.165, 1.54) is 17.9 Å². The summed E-state index contributed by atoms with van der Waals surface area (Å²) >= 11 is 1.40. The Morgan fingerprint density at radius 2 is 2.14 bits per heavy atom. The molecule has 0 aliphatic carbocycles. The van der Waals surface area contributed by atoms with E-state index < -0.39 is 0 Å². The summed E-state index contributed by atoms with van der Waals surface area (Å²) < 4.78 is 4.40. The van der Waals surface area contributed by atoms with Gasteiger partial charge in [-0.2, -0.15) is 9.47 Å². The Kier molecular flexibility index (Phi) is 3.89. The number of hydrogen-bond donors (Lipinski definition) is 2. The van der Waals surface area contributed by atoms with Crippen molar-refractivity contribution >= 4 is 16.7 Å². The summed E-state index contributed by atoms with van der Waals surface area (Å²) in [6.45, 7) is 7.03. The fourth-order valence-corrected chi connectivity index (χ4v) is 2.70. The van der Waals surface area contributed by atoms with Crippen molar-refractivity contribution in [3.8, 4) is 11.4 Å². The Bertz CT molecular complexity index is 741. The largest absolute Gasteiger partial charge is 0.356 e. The van der Waals surface area contributed by atoms with Crippen LogP contribution < -0.4 is 5.32 Å². The molecule has 0 bridgehead atoms. The Hall–Kier alpha value is -2.28. The second-order valence-electron chi connectivity index (χ2n) is 6.06. The molecule has 6 nitrogen and oxygen atoms in total. The average Bonchev–Trinajstić information content (AvgIpc) is 3.16. The topological polar surface area (TPSA) is 79.4 Å². The zero-order valence-electron chi connectivity index (χ0n) is 12.8. The summed E-state index contributed by atoms with van der Waals surface area (Å²) in [7, 11) is 0. The highest BCUT2D eigenvalue weighted by atomic mass is 32.1. The van der Waals surface area contributed by atoms with Crippen LogP contribution in [0, 0.1) is 0 Å². The van der Waals surface area contributed by atoms with Gasteiger partial charge in [-0.05, 0) is 11.6 Å². The van der Waals surface area contributed by atoms with Gasteiger partial charge in [-0.25, -0.2) is 9.97 Å². The van der Waals surface area contributed by atoms with E-state index in [0.29, 0.717) is 6.54 Å². The first kappa shape index (κ1) is 14.6. The molecule has 7 heteroatoms. The van der Waals surface area contributed by atoms with Crippen molar-refractivity contribution in [3.63, 3.8) is 0 Å². The van der Waals surface area contributed by atoms with Crippen LogP contribution in [0.15, 0.2) is 30.6 Å². The molecule has 114 valence electrons. The van der Waals surface area contributed by atoms with Crippen molar-refractivity contribution in [2.24, 2.45) is 0 Å². The van der Waals surface area contributed by atoms with Gasteiger partial charge >= 0.3 is 0 Å². The van der Waals surface area contributed by atoms with Crippen molar-refractivity contribution in [3.05, 3.63) is 42.0 Å². The number of rotatable bonds is 4. The fraction of sp³-hybridized carbons (Fsp3) is 0.333. The van der Waals surface area contributed by atoms with Gasteiger partial charge in [-0.3, -0.25) is 5.10 Å². The summed E-state index contributed by atoms with van der Waals surface area (Å²) in [5, 5.41) is 10.9. The number of aromatic amines is 1. The van der Waals surface area contributed by atoms with Crippen molar-refractivity contribution in [2.45, 2.75) is 32.7 Å². The van der Waals surface area contributed by atoms with Gasteiger partial charge < -0.3 is 5.32 Å². The molecule has 0 saturated heterocycles. The third kappa shape index (κ3) is 3.30. The maximum atomic E-state index is 4.54. The lowest BCUT2D eigenvalue weighted by molar-refractivity contribution is 0.555. The molecule has 0 aliphatic rings. The summed E-state index contributed by atoms with van der Waals surface area (Å²) in [6.07, 6.45) is 1.51. The van der Waals surface area contributed by atoms with Gasteiger partial charge in [0.05, 0.1) is 0 Å². The standard InChI is InChI=1S/C15H18N6S/c1-15(2,3)13-19-14(22-21-13)16-8-10-5-4-6-11(7-10)12-17-9-18-20-12/h4-7,9H,8H2,1-3H3,(H,16,19,21)(H,17,18,20). The van der Waals surface area contributed by atoms with Crippen LogP contribution in [-0.2, 0) is 12.0 Å². The molecule has 2 heterocycles. The van der Waals surface area contributed by atoms with Crippen LogP contribution in [0.4, 0.5) is 5.13 Å². The highest BCUT2D eigenvalue weighted by Crippen LogP contribution is 2.23. The van der Waals surface area contributed by atoms with Crippen LogP contribution in [0.25, 0.3) is 11.4 Å². The van der Waals surface area contributed by atoms with Crippen molar-refractivity contribution < 1.29 is 0 Å². The van der Waals surface area contributed by atoms with Gasteiger partial charge in [0.25, 0.3) is 0 Å². The van der Waals surface area contributed by atoms with Gasteiger partial charge in [0, 0.05) is 29.1 Å². The number of H-pyrrole nitrogens is 1. The third-order valence-corrected chi connectivity index (χ3v) is 3.83. The molecule has 0 unspecified atom stereocenters. The normalized spacial score (nSPS) is 11.6. The van der Waals surface area contributed by atoms with E-state index in [0.717, 1.165) is 27.9 Å².